The maximum atomic E-state index is 6.42. The predicted octanol–water partition coefficient (Wildman–Crippen LogP) is 4.41. The summed E-state index contributed by atoms with van der Waals surface area (Å²) in [5, 5.41) is -0.0568. The standard InChI is InChI=1S/C11H14Cl2OS/c1-6-3-4-14-10(6)9(12)8-5-7(2)11(13)15-8/h5-6,9-10H,3-4H2,1-2H3. The van der Waals surface area contributed by atoms with Crippen LogP contribution in [0, 0.1) is 12.8 Å². The first-order chi connectivity index (χ1) is 7.09. The van der Waals surface area contributed by atoms with Gasteiger partial charge in [-0.15, -0.1) is 22.9 Å². The van der Waals surface area contributed by atoms with Crippen LogP contribution in [0.3, 0.4) is 0 Å². The highest BCUT2D eigenvalue weighted by Crippen LogP contribution is 2.40. The monoisotopic (exact) mass is 264 g/mol. The van der Waals surface area contributed by atoms with E-state index in [-0.39, 0.29) is 11.5 Å². The minimum atomic E-state index is -0.0568. The third kappa shape index (κ3) is 2.33. The smallest absolute Gasteiger partial charge is 0.0960 e. The van der Waals surface area contributed by atoms with Gasteiger partial charge in [-0.2, -0.15) is 0 Å². The van der Waals surface area contributed by atoms with Crippen molar-refractivity contribution in [1.82, 2.24) is 0 Å². The molecule has 1 aliphatic rings. The molecule has 1 fully saturated rings. The Hall–Kier alpha value is 0.240. The van der Waals surface area contributed by atoms with Gasteiger partial charge < -0.3 is 4.74 Å². The van der Waals surface area contributed by atoms with Crippen molar-refractivity contribution in [2.45, 2.75) is 31.7 Å². The highest BCUT2D eigenvalue weighted by Gasteiger charge is 2.32. The summed E-state index contributed by atoms with van der Waals surface area (Å²) < 4.78 is 6.50. The van der Waals surface area contributed by atoms with Gasteiger partial charge in [0.25, 0.3) is 0 Å². The Morgan fingerprint density at radius 2 is 2.33 bits per heavy atom. The second kappa shape index (κ2) is 4.62. The third-order valence-electron chi connectivity index (χ3n) is 2.88. The number of rotatable bonds is 2. The first-order valence-corrected chi connectivity index (χ1v) is 6.74. The molecule has 0 aromatic carbocycles. The van der Waals surface area contributed by atoms with Crippen molar-refractivity contribution in [3.63, 3.8) is 0 Å². The lowest BCUT2D eigenvalue weighted by Gasteiger charge is -2.19. The molecule has 0 aliphatic carbocycles. The number of halogens is 2. The topological polar surface area (TPSA) is 9.23 Å². The molecular weight excluding hydrogens is 251 g/mol. The summed E-state index contributed by atoms with van der Waals surface area (Å²) >= 11 is 14.0. The van der Waals surface area contributed by atoms with Gasteiger partial charge in [0, 0.05) is 11.5 Å². The second-order valence-electron chi connectivity index (χ2n) is 4.11. The van der Waals surface area contributed by atoms with Gasteiger partial charge in [-0.1, -0.05) is 18.5 Å². The van der Waals surface area contributed by atoms with Gasteiger partial charge in [-0.05, 0) is 30.9 Å². The molecule has 3 atom stereocenters. The van der Waals surface area contributed by atoms with Crippen molar-refractivity contribution in [2.75, 3.05) is 6.61 Å². The highest BCUT2D eigenvalue weighted by atomic mass is 35.5. The van der Waals surface area contributed by atoms with Crippen molar-refractivity contribution < 1.29 is 4.74 Å². The predicted molar refractivity (Wildman–Crippen MR) is 66.2 cm³/mol. The molecule has 0 N–H and O–H groups in total. The zero-order valence-electron chi connectivity index (χ0n) is 8.80. The zero-order chi connectivity index (χ0) is 11.0. The van der Waals surface area contributed by atoms with Crippen molar-refractivity contribution >= 4 is 34.5 Å². The minimum Gasteiger partial charge on any atom is -0.376 e. The summed E-state index contributed by atoms with van der Waals surface area (Å²) in [5.74, 6) is 0.536. The normalized spacial score (nSPS) is 28.3. The molecule has 0 amide bonds. The molecule has 4 heteroatoms. The summed E-state index contributed by atoms with van der Waals surface area (Å²) in [5.41, 5.74) is 1.10. The number of aryl methyl sites for hydroxylation is 1. The molecule has 2 rings (SSSR count). The lowest BCUT2D eigenvalue weighted by atomic mass is 10.0. The van der Waals surface area contributed by atoms with Gasteiger partial charge in [0.1, 0.15) is 0 Å². The van der Waals surface area contributed by atoms with Crippen LogP contribution in [-0.2, 0) is 4.74 Å². The average Bonchev–Trinajstić information content (AvgIpc) is 2.74. The molecule has 1 aliphatic heterocycles. The molecule has 15 heavy (non-hydrogen) atoms. The molecule has 1 aromatic heterocycles. The lowest BCUT2D eigenvalue weighted by molar-refractivity contribution is 0.0910. The molecule has 0 bridgehead atoms. The van der Waals surface area contributed by atoms with Crippen molar-refractivity contribution in [3.8, 4) is 0 Å². The summed E-state index contributed by atoms with van der Waals surface area (Å²) in [6.45, 7) is 5.02. The zero-order valence-corrected chi connectivity index (χ0v) is 11.1. The van der Waals surface area contributed by atoms with E-state index in [4.69, 9.17) is 27.9 Å². The fraction of sp³-hybridized carbons (Fsp3) is 0.636. The molecule has 0 radical (unpaired) electrons. The van der Waals surface area contributed by atoms with E-state index in [1.165, 1.54) is 0 Å². The van der Waals surface area contributed by atoms with Crippen LogP contribution in [0.4, 0.5) is 0 Å². The largest absolute Gasteiger partial charge is 0.376 e. The Labute approximate surface area is 104 Å². The van der Waals surface area contributed by atoms with Crippen LogP contribution in [0.2, 0.25) is 4.34 Å². The Morgan fingerprint density at radius 1 is 1.60 bits per heavy atom. The van der Waals surface area contributed by atoms with Crippen molar-refractivity contribution in [1.29, 1.82) is 0 Å². The van der Waals surface area contributed by atoms with E-state index in [1.807, 2.05) is 6.92 Å². The number of alkyl halides is 1. The van der Waals surface area contributed by atoms with Gasteiger partial charge in [-0.25, -0.2) is 0 Å². The number of hydrogen-bond donors (Lipinski definition) is 0. The Balaban J connectivity index is 2.16. The van der Waals surface area contributed by atoms with Gasteiger partial charge in [0.15, 0.2) is 0 Å². The van der Waals surface area contributed by atoms with E-state index in [1.54, 1.807) is 11.3 Å². The maximum Gasteiger partial charge on any atom is 0.0960 e. The van der Waals surface area contributed by atoms with Crippen LogP contribution in [0.5, 0.6) is 0 Å². The van der Waals surface area contributed by atoms with Crippen molar-refractivity contribution in [3.05, 3.63) is 20.8 Å². The second-order valence-corrected chi connectivity index (χ2v) is 6.26. The van der Waals surface area contributed by atoms with Gasteiger partial charge in [0.2, 0.25) is 0 Å². The van der Waals surface area contributed by atoms with E-state index < -0.39 is 0 Å². The summed E-state index contributed by atoms with van der Waals surface area (Å²) in [7, 11) is 0. The molecule has 1 saturated heterocycles. The fourth-order valence-corrected chi connectivity index (χ4v) is 3.62. The lowest BCUT2D eigenvalue weighted by Crippen LogP contribution is -2.18. The SMILES string of the molecule is Cc1cc(C(Cl)C2OCCC2C)sc1Cl. The average molecular weight is 265 g/mol. The number of hydrogen-bond acceptors (Lipinski definition) is 2. The van der Waals surface area contributed by atoms with Crippen LogP contribution in [0.25, 0.3) is 0 Å². The van der Waals surface area contributed by atoms with Crippen LogP contribution in [-0.4, -0.2) is 12.7 Å². The maximum absolute atomic E-state index is 6.42. The Morgan fingerprint density at radius 3 is 2.80 bits per heavy atom. The molecular formula is C11H14Cl2OS. The van der Waals surface area contributed by atoms with Gasteiger partial charge >= 0.3 is 0 Å². The van der Waals surface area contributed by atoms with E-state index in [9.17, 15) is 0 Å². The van der Waals surface area contributed by atoms with Crippen LogP contribution in [0.1, 0.15) is 29.2 Å². The first-order valence-electron chi connectivity index (χ1n) is 5.11. The van der Waals surface area contributed by atoms with E-state index in [0.29, 0.717) is 5.92 Å². The summed E-state index contributed by atoms with van der Waals surface area (Å²) in [4.78, 5) is 1.12. The molecule has 0 saturated carbocycles. The highest BCUT2D eigenvalue weighted by molar-refractivity contribution is 7.16. The fourth-order valence-electron chi connectivity index (χ4n) is 1.87. The molecule has 0 spiro atoms. The first kappa shape index (κ1) is 11.7. The minimum absolute atomic E-state index is 0.0568. The van der Waals surface area contributed by atoms with E-state index in [2.05, 4.69) is 13.0 Å². The quantitative estimate of drug-likeness (QED) is 0.719. The van der Waals surface area contributed by atoms with E-state index >= 15 is 0 Å². The van der Waals surface area contributed by atoms with Crippen molar-refractivity contribution in [2.24, 2.45) is 5.92 Å². The molecule has 84 valence electrons. The Bertz CT molecular complexity index is 331. The van der Waals surface area contributed by atoms with Crippen LogP contribution < -0.4 is 0 Å². The Kier molecular flexibility index (Phi) is 3.61. The molecule has 1 aromatic rings. The molecule has 1 nitrogen and oxygen atoms in total. The molecule has 2 heterocycles. The van der Waals surface area contributed by atoms with E-state index in [0.717, 1.165) is 27.8 Å². The summed E-state index contributed by atoms with van der Waals surface area (Å²) in [6, 6.07) is 2.07. The third-order valence-corrected chi connectivity index (χ3v) is 5.13. The van der Waals surface area contributed by atoms with Gasteiger partial charge in [0.05, 0.1) is 15.8 Å². The number of ether oxygens (including phenoxy) is 1. The van der Waals surface area contributed by atoms with Crippen LogP contribution >= 0.6 is 34.5 Å². The summed E-state index contributed by atoms with van der Waals surface area (Å²) in [6.07, 6.45) is 1.24. The van der Waals surface area contributed by atoms with Crippen LogP contribution in [0.15, 0.2) is 6.07 Å². The number of thiophene rings is 1. The molecule has 3 unspecified atom stereocenters. The van der Waals surface area contributed by atoms with Gasteiger partial charge in [-0.3, -0.25) is 0 Å².